The van der Waals surface area contributed by atoms with E-state index in [-0.39, 0.29) is 6.54 Å². The summed E-state index contributed by atoms with van der Waals surface area (Å²) in [5.41, 5.74) is -2.03. The van der Waals surface area contributed by atoms with Crippen LogP contribution in [0.5, 0.6) is 0 Å². The van der Waals surface area contributed by atoms with Gasteiger partial charge in [0.05, 0.1) is 11.1 Å². The molecule has 14 heavy (non-hydrogen) atoms. The molecule has 0 aliphatic heterocycles. The van der Waals surface area contributed by atoms with Crippen molar-refractivity contribution in [2.45, 2.75) is 13.5 Å². The van der Waals surface area contributed by atoms with Crippen LogP contribution in [0.4, 0.5) is 5.69 Å². The van der Waals surface area contributed by atoms with Gasteiger partial charge in [-0.1, -0.05) is 0 Å². The molecule has 0 N–H and O–H groups in total. The summed E-state index contributed by atoms with van der Waals surface area (Å²) in [5.74, 6) is 0. The lowest BCUT2D eigenvalue weighted by Crippen LogP contribution is -2.38. The van der Waals surface area contributed by atoms with Crippen LogP contribution in [0.15, 0.2) is 15.8 Å². The number of hydrogen-bond donors (Lipinski definition) is 0. The van der Waals surface area contributed by atoms with Crippen LogP contribution in [0.2, 0.25) is 0 Å². The summed E-state index contributed by atoms with van der Waals surface area (Å²) in [7, 11) is 1.21. The Morgan fingerprint density at radius 3 is 2.50 bits per heavy atom. The van der Waals surface area contributed by atoms with Gasteiger partial charge >= 0.3 is 16.9 Å². The van der Waals surface area contributed by atoms with Gasteiger partial charge in [-0.3, -0.25) is 24.0 Å². The second-order valence-electron chi connectivity index (χ2n) is 2.70. The molecule has 0 fully saturated rings. The van der Waals surface area contributed by atoms with E-state index in [9.17, 15) is 19.7 Å². The quantitative estimate of drug-likeness (QED) is 0.473. The average Bonchev–Trinajstić information content (AvgIpc) is 2.14. The first-order valence-electron chi connectivity index (χ1n) is 3.94. The van der Waals surface area contributed by atoms with Crippen molar-refractivity contribution in [1.29, 1.82) is 0 Å². The van der Waals surface area contributed by atoms with Gasteiger partial charge in [0.1, 0.15) is 0 Å². The Hall–Kier alpha value is -1.92. The third kappa shape index (κ3) is 1.43. The van der Waals surface area contributed by atoms with Gasteiger partial charge in [0.15, 0.2) is 0 Å². The maximum Gasteiger partial charge on any atom is 0.350 e. The first-order chi connectivity index (χ1) is 6.49. The average molecular weight is 199 g/mol. The first-order valence-corrected chi connectivity index (χ1v) is 3.94. The number of aryl methyl sites for hydroxylation is 1. The summed E-state index contributed by atoms with van der Waals surface area (Å²) < 4.78 is 1.83. The first kappa shape index (κ1) is 10.2. The topological polar surface area (TPSA) is 87.1 Å². The van der Waals surface area contributed by atoms with Crippen LogP contribution in [0.1, 0.15) is 6.92 Å². The highest BCUT2D eigenvalue weighted by molar-refractivity contribution is 5.21. The Morgan fingerprint density at radius 2 is 2.07 bits per heavy atom. The van der Waals surface area contributed by atoms with Gasteiger partial charge in [0, 0.05) is 13.6 Å². The Morgan fingerprint density at radius 1 is 1.50 bits per heavy atom. The highest BCUT2D eigenvalue weighted by atomic mass is 16.6. The third-order valence-electron chi connectivity index (χ3n) is 1.87. The molecule has 7 heteroatoms. The highest BCUT2D eigenvalue weighted by Crippen LogP contribution is 1.99. The van der Waals surface area contributed by atoms with Gasteiger partial charge in [0.25, 0.3) is 0 Å². The van der Waals surface area contributed by atoms with E-state index >= 15 is 0 Å². The summed E-state index contributed by atoms with van der Waals surface area (Å²) in [6, 6.07) is 0. The van der Waals surface area contributed by atoms with Crippen LogP contribution in [-0.4, -0.2) is 14.1 Å². The molecule has 0 saturated heterocycles. The number of aromatic nitrogens is 2. The van der Waals surface area contributed by atoms with Crippen LogP contribution in [-0.2, 0) is 13.6 Å². The van der Waals surface area contributed by atoms with Gasteiger partial charge in [0.2, 0.25) is 0 Å². The molecule has 1 rings (SSSR count). The largest absolute Gasteiger partial charge is 0.350 e. The Balaban J connectivity index is 3.66. The van der Waals surface area contributed by atoms with E-state index < -0.39 is 21.9 Å². The van der Waals surface area contributed by atoms with Crippen LogP contribution in [0.25, 0.3) is 0 Å². The molecule has 0 atom stereocenters. The standard InChI is InChI=1S/C7H9N3O4/c1-3-9-4-5(10(13)14)6(11)8(2)7(9)12/h4H,3H2,1-2H3. The SMILES string of the molecule is CCn1cc([N+](=O)[O-])c(=O)n(C)c1=O. The molecule has 0 bridgehead atoms. The number of hydrogen-bond acceptors (Lipinski definition) is 4. The maximum absolute atomic E-state index is 11.3. The van der Waals surface area contributed by atoms with Crippen molar-refractivity contribution in [2.24, 2.45) is 7.05 Å². The molecule has 0 saturated carbocycles. The molecule has 0 radical (unpaired) electrons. The van der Waals surface area contributed by atoms with Crippen LogP contribution < -0.4 is 11.2 Å². The molecular formula is C7H9N3O4. The molecule has 0 unspecified atom stereocenters. The maximum atomic E-state index is 11.3. The minimum Gasteiger partial charge on any atom is -0.294 e. The fraction of sp³-hybridized carbons (Fsp3) is 0.429. The van der Waals surface area contributed by atoms with E-state index in [1.807, 2.05) is 0 Å². The number of nitrogens with zero attached hydrogens (tertiary/aromatic N) is 3. The normalized spacial score (nSPS) is 10.1. The van der Waals surface area contributed by atoms with Crippen molar-refractivity contribution in [3.8, 4) is 0 Å². The predicted octanol–water partition coefficient (Wildman–Crippen LogP) is -0.525. The smallest absolute Gasteiger partial charge is 0.294 e. The molecule has 1 aromatic heterocycles. The monoisotopic (exact) mass is 199 g/mol. The van der Waals surface area contributed by atoms with Crippen molar-refractivity contribution in [1.82, 2.24) is 9.13 Å². The molecule has 0 aliphatic carbocycles. The van der Waals surface area contributed by atoms with Gasteiger partial charge in [-0.15, -0.1) is 0 Å². The second kappa shape index (κ2) is 3.44. The van der Waals surface area contributed by atoms with E-state index in [4.69, 9.17) is 0 Å². The molecule has 7 nitrogen and oxygen atoms in total. The van der Waals surface area contributed by atoms with E-state index in [0.29, 0.717) is 0 Å². The van der Waals surface area contributed by atoms with Gasteiger partial charge < -0.3 is 0 Å². The lowest BCUT2D eigenvalue weighted by Gasteiger charge is -2.03. The molecule has 0 aliphatic rings. The lowest BCUT2D eigenvalue weighted by molar-refractivity contribution is -0.387. The van der Waals surface area contributed by atoms with Crippen molar-refractivity contribution < 1.29 is 4.92 Å². The molecule has 0 aromatic carbocycles. The Kier molecular flexibility index (Phi) is 2.50. The van der Waals surface area contributed by atoms with Crippen molar-refractivity contribution >= 4 is 5.69 Å². The zero-order valence-electron chi connectivity index (χ0n) is 7.76. The summed E-state index contributed by atoms with van der Waals surface area (Å²) in [5, 5.41) is 10.4. The number of rotatable bonds is 2. The lowest BCUT2D eigenvalue weighted by atomic mass is 10.5. The Bertz CT molecular complexity index is 485. The fourth-order valence-corrected chi connectivity index (χ4v) is 1.06. The molecule has 0 spiro atoms. The van der Waals surface area contributed by atoms with Crippen molar-refractivity contribution in [2.75, 3.05) is 0 Å². The molecular weight excluding hydrogens is 190 g/mol. The molecule has 1 heterocycles. The third-order valence-corrected chi connectivity index (χ3v) is 1.87. The van der Waals surface area contributed by atoms with E-state index in [1.165, 1.54) is 7.05 Å². The Labute approximate surface area is 78.4 Å². The molecule has 1 aromatic rings. The van der Waals surface area contributed by atoms with Gasteiger partial charge in [-0.05, 0) is 6.92 Å². The van der Waals surface area contributed by atoms with Gasteiger partial charge in [-0.2, -0.15) is 0 Å². The van der Waals surface area contributed by atoms with E-state index in [0.717, 1.165) is 15.3 Å². The summed E-state index contributed by atoms with van der Waals surface area (Å²) >= 11 is 0. The predicted molar refractivity (Wildman–Crippen MR) is 48.3 cm³/mol. The zero-order chi connectivity index (χ0) is 10.9. The van der Waals surface area contributed by atoms with Crippen LogP contribution in [0.3, 0.4) is 0 Å². The van der Waals surface area contributed by atoms with Crippen molar-refractivity contribution in [3.63, 3.8) is 0 Å². The highest BCUT2D eigenvalue weighted by Gasteiger charge is 2.16. The fourth-order valence-electron chi connectivity index (χ4n) is 1.06. The van der Waals surface area contributed by atoms with Gasteiger partial charge in [-0.25, -0.2) is 4.79 Å². The summed E-state index contributed by atoms with van der Waals surface area (Å²) in [4.78, 5) is 32.1. The van der Waals surface area contributed by atoms with Crippen LogP contribution in [0, 0.1) is 10.1 Å². The minimum absolute atomic E-state index is 0.286. The number of nitro groups is 1. The molecule has 76 valence electrons. The summed E-state index contributed by atoms with van der Waals surface area (Å²) in [6.07, 6.45) is 0.963. The zero-order valence-corrected chi connectivity index (χ0v) is 7.76. The second-order valence-corrected chi connectivity index (χ2v) is 2.70. The van der Waals surface area contributed by atoms with Crippen molar-refractivity contribution in [3.05, 3.63) is 37.1 Å². The molecule has 0 amide bonds. The minimum atomic E-state index is -0.885. The van der Waals surface area contributed by atoms with E-state index in [1.54, 1.807) is 6.92 Å². The van der Waals surface area contributed by atoms with Crippen LogP contribution >= 0.6 is 0 Å². The summed E-state index contributed by atoms with van der Waals surface area (Å²) in [6.45, 7) is 1.95. The van der Waals surface area contributed by atoms with E-state index in [2.05, 4.69) is 0 Å².